The van der Waals surface area contributed by atoms with Crippen LogP contribution in [0.3, 0.4) is 0 Å². The highest BCUT2D eigenvalue weighted by atomic mass is 16.5. The summed E-state index contributed by atoms with van der Waals surface area (Å²) in [7, 11) is 0. The Morgan fingerprint density at radius 3 is 2.96 bits per heavy atom. The summed E-state index contributed by atoms with van der Waals surface area (Å²) in [6.07, 6.45) is 0.164. The minimum Gasteiger partial charge on any atom is -0.492 e. The maximum absolute atomic E-state index is 12.7. The van der Waals surface area contributed by atoms with Crippen molar-refractivity contribution in [2.75, 3.05) is 23.4 Å². The van der Waals surface area contributed by atoms with Gasteiger partial charge in [0.2, 0.25) is 11.8 Å². The lowest BCUT2D eigenvalue weighted by molar-refractivity contribution is -0.122. The number of aromatic nitrogens is 1. The third kappa shape index (κ3) is 3.43. The van der Waals surface area contributed by atoms with Gasteiger partial charge in [-0.2, -0.15) is 0 Å². The van der Waals surface area contributed by atoms with Gasteiger partial charge >= 0.3 is 0 Å². The Balaban J connectivity index is 1.49. The fourth-order valence-corrected chi connectivity index (χ4v) is 3.44. The fourth-order valence-electron chi connectivity index (χ4n) is 3.44. The van der Waals surface area contributed by atoms with E-state index in [9.17, 15) is 9.59 Å². The number of aryl methyl sites for hydroxylation is 1. The van der Waals surface area contributed by atoms with E-state index in [4.69, 9.17) is 9.15 Å². The van der Waals surface area contributed by atoms with E-state index in [0.29, 0.717) is 47.3 Å². The second-order valence-corrected chi connectivity index (χ2v) is 6.71. The third-order valence-corrected chi connectivity index (χ3v) is 4.71. The molecule has 0 radical (unpaired) electrons. The van der Waals surface area contributed by atoms with Gasteiger partial charge in [-0.15, -0.1) is 0 Å². The first-order valence-electron chi connectivity index (χ1n) is 9.25. The lowest BCUT2D eigenvalue weighted by Crippen LogP contribution is -2.28. The molecule has 2 heterocycles. The second kappa shape index (κ2) is 7.34. The Morgan fingerprint density at radius 1 is 1.32 bits per heavy atom. The van der Waals surface area contributed by atoms with Crippen LogP contribution in [-0.2, 0) is 9.59 Å². The van der Waals surface area contributed by atoms with Crippen molar-refractivity contribution in [3.05, 3.63) is 48.4 Å². The summed E-state index contributed by atoms with van der Waals surface area (Å²) in [5.41, 5.74) is 2.69. The number of carbonyl (C=O) groups is 2. The molecule has 28 heavy (non-hydrogen) atoms. The van der Waals surface area contributed by atoms with Gasteiger partial charge in [0, 0.05) is 25.6 Å². The molecule has 1 N–H and O–H groups in total. The number of rotatable bonds is 5. The summed E-state index contributed by atoms with van der Waals surface area (Å²) >= 11 is 0. The fraction of sp³-hybridized carbons (Fsp3) is 0.286. The summed E-state index contributed by atoms with van der Waals surface area (Å²) in [5.74, 6) is 0.505. The zero-order valence-corrected chi connectivity index (χ0v) is 15.8. The van der Waals surface area contributed by atoms with Crippen molar-refractivity contribution >= 4 is 34.3 Å². The van der Waals surface area contributed by atoms with E-state index < -0.39 is 5.92 Å². The van der Waals surface area contributed by atoms with Crippen molar-refractivity contribution in [2.24, 2.45) is 5.92 Å². The number of carbonyl (C=O) groups excluding carboxylic acids is 2. The maximum atomic E-state index is 12.7. The molecule has 1 fully saturated rings. The molecule has 0 bridgehead atoms. The number of anilines is 2. The van der Waals surface area contributed by atoms with Crippen LogP contribution in [-0.4, -0.2) is 29.9 Å². The number of ether oxygens (including phenoxy) is 1. The second-order valence-electron chi connectivity index (χ2n) is 6.71. The highest BCUT2D eigenvalue weighted by molar-refractivity contribution is 6.04. The van der Waals surface area contributed by atoms with Crippen LogP contribution in [0.25, 0.3) is 11.1 Å². The number of nitrogens with one attached hydrogen (secondary N) is 1. The van der Waals surface area contributed by atoms with Crippen molar-refractivity contribution in [3.8, 4) is 5.75 Å². The lowest BCUT2D eigenvalue weighted by Gasteiger charge is -2.20. The lowest BCUT2D eigenvalue weighted by atomic mass is 10.1. The highest BCUT2D eigenvalue weighted by Crippen LogP contribution is 2.33. The average Bonchev–Trinajstić information content (AvgIpc) is 3.24. The van der Waals surface area contributed by atoms with Gasteiger partial charge in [-0.05, 0) is 37.3 Å². The highest BCUT2D eigenvalue weighted by Gasteiger charge is 2.36. The van der Waals surface area contributed by atoms with Crippen LogP contribution in [0.2, 0.25) is 0 Å². The molecule has 1 atom stereocenters. The van der Waals surface area contributed by atoms with Crippen LogP contribution in [0.15, 0.2) is 46.9 Å². The molecule has 0 unspecified atom stereocenters. The van der Waals surface area contributed by atoms with Crippen LogP contribution >= 0.6 is 0 Å². The number of amides is 2. The zero-order chi connectivity index (χ0) is 19.7. The molecule has 7 nitrogen and oxygen atoms in total. The number of hydrogen-bond acceptors (Lipinski definition) is 5. The first kappa shape index (κ1) is 18.0. The number of hydrogen-bond donors (Lipinski definition) is 1. The van der Waals surface area contributed by atoms with Crippen molar-refractivity contribution in [1.82, 2.24) is 4.98 Å². The molecule has 2 aromatic carbocycles. The SMILES string of the molecule is CCOc1ccccc1N1C[C@@H](C(=O)Nc2ccc3oc(C)nc3c2)CC1=O. The quantitative estimate of drug-likeness (QED) is 0.733. The molecule has 1 aromatic heterocycles. The topological polar surface area (TPSA) is 84.7 Å². The molecule has 7 heteroatoms. The van der Waals surface area contributed by atoms with E-state index in [-0.39, 0.29) is 18.2 Å². The smallest absolute Gasteiger partial charge is 0.229 e. The van der Waals surface area contributed by atoms with Crippen molar-refractivity contribution < 1.29 is 18.7 Å². The summed E-state index contributed by atoms with van der Waals surface area (Å²) in [6, 6.07) is 12.7. The van der Waals surface area contributed by atoms with E-state index in [1.165, 1.54) is 0 Å². The Hall–Kier alpha value is -3.35. The zero-order valence-electron chi connectivity index (χ0n) is 15.8. The number of benzene rings is 2. The molecule has 1 aliphatic heterocycles. The molecule has 4 rings (SSSR count). The molecule has 0 saturated carbocycles. The van der Waals surface area contributed by atoms with Crippen molar-refractivity contribution in [2.45, 2.75) is 20.3 Å². The summed E-state index contributed by atoms with van der Waals surface area (Å²) in [4.78, 5) is 31.2. The van der Waals surface area contributed by atoms with E-state index >= 15 is 0 Å². The molecule has 1 saturated heterocycles. The number of para-hydroxylation sites is 2. The first-order valence-corrected chi connectivity index (χ1v) is 9.25. The minimum atomic E-state index is -0.433. The summed E-state index contributed by atoms with van der Waals surface area (Å²) < 4.78 is 11.1. The molecule has 1 aliphatic rings. The largest absolute Gasteiger partial charge is 0.492 e. The van der Waals surface area contributed by atoms with E-state index in [2.05, 4.69) is 10.3 Å². The molecular weight excluding hydrogens is 358 g/mol. The Labute approximate surface area is 162 Å². The Kier molecular flexibility index (Phi) is 4.73. The summed E-state index contributed by atoms with van der Waals surface area (Å²) in [6.45, 7) is 4.50. The van der Waals surface area contributed by atoms with E-state index in [1.54, 1.807) is 30.0 Å². The van der Waals surface area contributed by atoms with E-state index in [0.717, 1.165) is 0 Å². The van der Waals surface area contributed by atoms with Gasteiger partial charge in [-0.3, -0.25) is 9.59 Å². The van der Waals surface area contributed by atoms with Gasteiger partial charge in [0.25, 0.3) is 0 Å². The molecule has 2 amide bonds. The average molecular weight is 379 g/mol. The van der Waals surface area contributed by atoms with Gasteiger partial charge in [0.05, 0.1) is 18.2 Å². The normalized spacial score (nSPS) is 16.6. The molecular formula is C21H21N3O4. The van der Waals surface area contributed by atoms with Crippen LogP contribution in [0.4, 0.5) is 11.4 Å². The van der Waals surface area contributed by atoms with Crippen LogP contribution in [0.1, 0.15) is 19.2 Å². The monoisotopic (exact) mass is 379 g/mol. The minimum absolute atomic E-state index is 0.0881. The third-order valence-electron chi connectivity index (χ3n) is 4.71. The van der Waals surface area contributed by atoms with Crippen molar-refractivity contribution in [1.29, 1.82) is 0 Å². The first-order chi connectivity index (χ1) is 13.5. The number of nitrogens with zero attached hydrogens (tertiary/aromatic N) is 2. The van der Waals surface area contributed by atoms with Gasteiger partial charge in [0.1, 0.15) is 11.3 Å². The Morgan fingerprint density at radius 2 is 2.14 bits per heavy atom. The van der Waals surface area contributed by atoms with Gasteiger partial charge in [-0.25, -0.2) is 4.98 Å². The standard InChI is InChI=1S/C21H21N3O4/c1-3-27-19-7-5-4-6-17(19)24-12-14(10-20(24)25)21(26)23-15-8-9-18-16(11-15)22-13(2)28-18/h4-9,11,14H,3,10,12H2,1-2H3,(H,23,26)/t14-/m0/s1. The van der Waals surface area contributed by atoms with Crippen LogP contribution < -0.4 is 15.0 Å². The Bertz CT molecular complexity index is 1040. The summed E-state index contributed by atoms with van der Waals surface area (Å²) in [5, 5.41) is 2.89. The molecule has 0 aliphatic carbocycles. The van der Waals surface area contributed by atoms with Crippen molar-refractivity contribution in [3.63, 3.8) is 0 Å². The molecule has 0 spiro atoms. The van der Waals surface area contributed by atoms with Crippen LogP contribution in [0.5, 0.6) is 5.75 Å². The molecule has 144 valence electrons. The predicted octanol–water partition coefficient (Wildman–Crippen LogP) is 3.53. The van der Waals surface area contributed by atoms with Gasteiger partial charge < -0.3 is 19.4 Å². The van der Waals surface area contributed by atoms with E-state index in [1.807, 2.05) is 31.2 Å². The van der Waals surface area contributed by atoms with Gasteiger partial charge in [0.15, 0.2) is 11.5 Å². The van der Waals surface area contributed by atoms with Gasteiger partial charge in [-0.1, -0.05) is 12.1 Å². The molecule has 3 aromatic rings. The maximum Gasteiger partial charge on any atom is 0.229 e. The predicted molar refractivity (Wildman–Crippen MR) is 105 cm³/mol. The number of oxazole rings is 1. The van der Waals surface area contributed by atoms with Crippen LogP contribution in [0, 0.1) is 12.8 Å². The number of fused-ring (bicyclic) bond motifs is 1.